The lowest BCUT2D eigenvalue weighted by Crippen LogP contribution is -2.22. The standard InChI is InChI=1S/C22H25N7O2S2/c1-13(2)33(30,31)22-14(3)7-19(32-22)28-20-21-24-11-18(16-9-25-26-10-16)29(21)12-17(27-20)15-5-4-6-23-8-15/h5,7,9-13,23H,4,6,8H2,1-3H3,(H,25,26)(H,27,28). The van der Waals surface area contributed by atoms with Gasteiger partial charge < -0.3 is 10.6 Å². The van der Waals surface area contributed by atoms with Gasteiger partial charge in [0.2, 0.25) is 0 Å². The van der Waals surface area contributed by atoms with Crippen LogP contribution < -0.4 is 10.6 Å². The third-order valence-electron chi connectivity index (χ3n) is 5.64. The van der Waals surface area contributed by atoms with E-state index in [1.807, 2.05) is 29.8 Å². The van der Waals surface area contributed by atoms with Crippen LogP contribution in [0.2, 0.25) is 0 Å². The van der Waals surface area contributed by atoms with Crippen molar-refractivity contribution in [2.75, 3.05) is 18.4 Å². The van der Waals surface area contributed by atoms with Gasteiger partial charge in [0.1, 0.15) is 4.21 Å². The molecule has 172 valence electrons. The Labute approximate surface area is 195 Å². The summed E-state index contributed by atoms with van der Waals surface area (Å²) in [6.45, 7) is 6.90. The van der Waals surface area contributed by atoms with Crippen LogP contribution in [0.3, 0.4) is 0 Å². The number of rotatable bonds is 6. The van der Waals surface area contributed by atoms with Crippen molar-refractivity contribution in [3.63, 3.8) is 0 Å². The number of fused-ring (bicyclic) bond motifs is 1. The highest BCUT2D eigenvalue weighted by atomic mass is 32.2. The van der Waals surface area contributed by atoms with Gasteiger partial charge in [-0.25, -0.2) is 18.4 Å². The lowest BCUT2D eigenvalue weighted by Gasteiger charge is -2.16. The number of hydrogen-bond acceptors (Lipinski definition) is 8. The van der Waals surface area contributed by atoms with Crippen LogP contribution in [0.5, 0.6) is 0 Å². The molecule has 1 aliphatic heterocycles. The Morgan fingerprint density at radius 3 is 2.82 bits per heavy atom. The van der Waals surface area contributed by atoms with Gasteiger partial charge in [0.25, 0.3) is 0 Å². The van der Waals surface area contributed by atoms with Crippen molar-refractivity contribution in [1.29, 1.82) is 0 Å². The van der Waals surface area contributed by atoms with Crippen molar-refractivity contribution in [1.82, 2.24) is 29.9 Å². The first-order chi connectivity index (χ1) is 15.8. The first-order valence-electron chi connectivity index (χ1n) is 10.7. The first-order valence-corrected chi connectivity index (χ1v) is 13.1. The summed E-state index contributed by atoms with van der Waals surface area (Å²) in [6.07, 6.45) is 10.5. The van der Waals surface area contributed by atoms with E-state index in [2.05, 4.69) is 31.9 Å². The molecule has 4 aromatic heterocycles. The second-order valence-corrected chi connectivity index (χ2v) is 12.0. The largest absolute Gasteiger partial charge is 0.329 e. The van der Waals surface area contributed by atoms with Crippen molar-refractivity contribution in [3.05, 3.63) is 48.2 Å². The minimum Gasteiger partial charge on any atom is -0.329 e. The molecule has 0 aromatic carbocycles. The van der Waals surface area contributed by atoms with Crippen LogP contribution in [0, 0.1) is 6.92 Å². The van der Waals surface area contributed by atoms with E-state index >= 15 is 0 Å². The Morgan fingerprint density at radius 2 is 2.12 bits per heavy atom. The second kappa shape index (κ2) is 8.40. The van der Waals surface area contributed by atoms with E-state index in [0.29, 0.717) is 20.7 Å². The number of H-pyrrole nitrogens is 1. The molecule has 0 bridgehead atoms. The number of aryl methyl sites for hydroxylation is 1. The third kappa shape index (κ3) is 3.96. The smallest absolute Gasteiger partial charge is 0.190 e. The fourth-order valence-corrected chi connectivity index (χ4v) is 6.86. The van der Waals surface area contributed by atoms with E-state index < -0.39 is 15.1 Å². The molecule has 11 heteroatoms. The number of nitrogens with zero attached hydrogens (tertiary/aromatic N) is 4. The summed E-state index contributed by atoms with van der Waals surface area (Å²) in [4.78, 5) is 9.49. The molecule has 0 aliphatic carbocycles. The number of aromatic nitrogens is 5. The molecule has 0 spiro atoms. The maximum absolute atomic E-state index is 12.8. The van der Waals surface area contributed by atoms with Crippen LogP contribution in [0.4, 0.5) is 10.8 Å². The molecule has 0 unspecified atom stereocenters. The van der Waals surface area contributed by atoms with Gasteiger partial charge in [-0.3, -0.25) is 9.50 Å². The van der Waals surface area contributed by atoms with Gasteiger partial charge >= 0.3 is 0 Å². The molecular weight excluding hydrogens is 458 g/mol. The van der Waals surface area contributed by atoms with Crippen LogP contribution >= 0.6 is 11.3 Å². The van der Waals surface area contributed by atoms with E-state index in [1.165, 1.54) is 11.3 Å². The van der Waals surface area contributed by atoms with Crippen molar-refractivity contribution < 1.29 is 8.42 Å². The minimum absolute atomic E-state index is 0.383. The number of hydrogen-bond donors (Lipinski definition) is 3. The van der Waals surface area contributed by atoms with Crippen molar-refractivity contribution in [3.8, 4) is 11.3 Å². The van der Waals surface area contributed by atoms with Crippen LogP contribution in [0.15, 0.2) is 41.1 Å². The third-order valence-corrected chi connectivity index (χ3v) is 9.61. The summed E-state index contributed by atoms with van der Waals surface area (Å²) in [5.41, 5.74) is 5.13. The Bertz CT molecular complexity index is 1450. The fraction of sp³-hybridized carbons (Fsp3) is 0.318. The van der Waals surface area contributed by atoms with E-state index in [-0.39, 0.29) is 0 Å². The summed E-state index contributed by atoms with van der Waals surface area (Å²) in [7, 11) is -3.36. The lowest BCUT2D eigenvalue weighted by molar-refractivity contribution is 0.589. The normalized spacial score (nSPS) is 14.7. The summed E-state index contributed by atoms with van der Waals surface area (Å²) < 4.78 is 27.9. The van der Waals surface area contributed by atoms with Gasteiger partial charge in [-0.15, -0.1) is 11.3 Å². The van der Waals surface area contributed by atoms with Crippen molar-refractivity contribution in [2.24, 2.45) is 0 Å². The molecule has 0 fully saturated rings. The van der Waals surface area contributed by atoms with Gasteiger partial charge in [-0.05, 0) is 50.9 Å². The van der Waals surface area contributed by atoms with Gasteiger partial charge in [-0.2, -0.15) is 5.10 Å². The number of anilines is 2. The summed E-state index contributed by atoms with van der Waals surface area (Å²) in [5, 5.41) is 13.9. The van der Waals surface area contributed by atoms with Crippen molar-refractivity contribution in [2.45, 2.75) is 36.7 Å². The number of aromatic amines is 1. The van der Waals surface area contributed by atoms with E-state index in [9.17, 15) is 8.42 Å². The van der Waals surface area contributed by atoms with Crippen LogP contribution in [-0.2, 0) is 9.84 Å². The highest BCUT2D eigenvalue weighted by Gasteiger charge is 2.25. The minimum atomic E-state index is -3.36. The SMILES string of the molecule is Cc1cc(Nc2nc(C3=CCCNC3)cn3c(-c4cn[nH]c4)cnc23)sc1S(=O)(=O)C(C)C. The predicted octanol–water partition coefficient (Wildman–Crippen LogP) is 3.79. The van der Waals surface area contributed by atoms with E-state index in [0.717, 1.165) is 47.6 Å². The molecule has 9 nitrogen and oxygen atoms in total. The van der Waals surface area contributed by atoms with E-state index in [4.69, 9.17) is 4.98 Å². The van der Waals surface area contributed by atoms with Crippen LogP contribution in [0.1, 0.15) is 31.5 Å². The zero-order valence-electron chi connectivity index (χ0n) is 18.6. The lowest BCUT2D eigenvalue weighted by atomic mass is 10.1. The molecule has 4 aromatic rings. The molecule has 0 radical (unpaired) electrons. The molecule has 1 aliphatic rings. The molecule has 0 amide bonds. The Balaban J connectivity index is 1.63. The van der Waals surface area contributed by atoms with Gasteiger partial charge in [0.15, 0.2) is 21.3 Å². The molecular formula is C22H25N7O2S2. The maximum atomic E-state index is 12.8. The fourth-order valence-electron chi connectivity index (χ4n) is 3.81. The highest BCUT2D eigenvalue weighted by molar-refractivity contribution is 7.94. The Kier molecular flexibility index (Phi) is 5.55. The van der Waals surface area contributed by atoms with Crippen LogP contribution in [-0.4, -0.2) is 51.3 Å². The first kappa shape index (κ1) is 21.8. The Hall–Kier alpha value is -3.02. The van der Waals surface area contributed by atoms with Gasteiger partial charge in [-0.1, -0.05) is 6.08 Å². The number of imidazole rings is 1. The average Bonchev–Trinajstić information content (AvgIpc) is 3.54. The summed E-state index contributed by atoms with van der Waals surface area (Å²) in [5.74, 6) is 0.573. The molecule has 0 saturated carbocycles. The number of sulfone groups is 1. The quantitative estimate of drug-likeness (QED) is 0.382. The van der Waals surface area contributed by atoms with Crippen molar-refractivity contribution >= 4 is 43.2 Å². The second-order valence-electron chi connectivity index (χ2n) is 8.29. The molecule has 5 rings (SSSR count). The topological polar surface area (TPSA) is 117 Å². The van der Waals surface area contributed by atoms with Crippen LogP contribution in [0.25, 0.3) is 22.5 Å². The molecule has 3 N–H and O–H groups in total. The monoisotopic (exact) mass is 483 g/mol. The number of thiophene rings is 1. The molecule has 0 atom stereocenters. The molecule has 5 heterocycles. The predicted molar refractivity (Wildman–Crippen MR) is 131 cm³/mol. The zero-order chi connectivity index (χ0) is 23.2. The molecule has 33 heavy (non-hydrogen) atoms. The zero-order valence-corrected chi connectivity index (χ0v) is 20.2. The summed E-state index contributed by atoms with van der Waals surface area (Å²) >= 11 is 1.23. The number of nitrogens with one attached hydrogen (secondary N) is 3. The van der Waals surface area contributed by atoms with E-state index in [1.54, 1.807) is 26.2 Å². The highest BCUT2D eigenvalue weighted by Crippen LogP contribution is 2.36. The average molecular weight is 484 g/mol. The van der Waals surface area contributed by atoms with Gasteiger partial charge in [0, 0.05) is 24.5 Å². The van der Waals surface area contributed by atoms with Gasteiger partial charge in [0.05, 0.1) is 34.0 Å². The summed E-state index contributed by atoms with van der Waals surface area (Å²) in [6, 6.07) is 1.85. The molecule has 0 saturated heterocycles. The maximum Gasteiger partial charge on any atom is 0.190 e. The Morgan fingerprint density at radius 1 is 1.27 bits per heavy atom.